The first-order valence-corrected chi connectivity index (χ1v) is 10.9. The van der Waals surface area contributed by atoms with E-state index in [4.69, 9.17) is 10.1 Å². The molecule has 1 aliphatic heterocycles. The maximum absolute atomic E-state index is 4.90. The monoisotopic (exact) mass is 404 g/mol. The first kappa shape index (κ1) is 20.5. The molecule has 6 nitrogen and oxygen atoms in total. The number of hydrogen-bond acceptors (Lipinski definition) is 5. The van der Waals surface area contributed by atoms with Crippen molar-refractivity contribution in [3.05, 3.63) is 64.9 Å². The van der Waals surface area contributed by atoms with Crippen LogP contribution in [-0.2, 0) is 6.54 Å². The summed E-state index contributed by atoms with van der Waals surface area (Å²) in [7, 11) is 0. The molecule has 0 unspecified atom stereocenters. The molecule has 0 spiro atoms. The highest BCUT2D eigenvalue weighted by atomic mass is 15.3. The first-order valence-electron chi connectivity index (χ1n) is 10.9. The molecule has 1 fully saturated rings. The molecule has 6 heteroatoms. The maximum atomic E-state index is 4.90. The van der Waals surface area contributed by atoms with Crippen LogP contribution in [0.4, 0.5) is 11.5 Å². The minimum atomic E-state index is 0.329. The Labute approximate surface area is 179 Å². The van der Waals surface area contributed by atoms with Crippen molar-refractivity contribution in [3.63, 3.8) is 0 Å². The second kappa shape index (κ2) is 8.56. The quantitative estimate of drug-likeness (QED) is 0.607. The zero-order valence-electron chi connectivity index (χ0n) is 18.7. The van der Waals surface area contributed by atoms with Gasteiger partial charge in [0.1, 0.15) is 5.82 Å². The number of pyridine rings is 2. The number of nitrogens with one attached hydrogen (secondary N) is 1. The maximum Gasteiger partial charge on any atom is 0.130 e. The topological polar surface area (TPSA) is 58.9 Å². The van der Waals surface area contributed by atoms with Crippen LogP contribution in [-0.4, -0.2) is 31.2 Å². The van der Waals surface area contributed by atoms with Crippen molar-refractivity contribution in [2.24, 2.45) is 0 Å². The van der Waals surface area contributed by atoms with Crippen LogP contribution in [0.1, 0.15) is 67.1 Å². The standard InChI is InChI=1S/C24H32N6/c1-16(2)30-19(5)21(18(4)28-30)15-29-12-8-9-23(29)22-14-20(13-17(3)26-22)27-24-10-6-7-11-25-24/h6-7,10-11,13-14,16,23H,8-9,12,15H2,1-5H3,(H,25,26,27)/t23-/m0/s1. The lowest BCUT2D eigenvalue weighted by Crippen LogP contribution is -2.24. The van der Waals surface area contributed by atoms with Crippen molar-refractivity contribution in [2.75, 3.05) is 11.9 Å². The first-order chi connectivity index (χ1) is 14.4. The lowest BCUT2D eigenvalue weighted by molar-refractivity contribution is 0.243. The Morgan fingerprint density at radius 3 is 2.70 bits per heavy atom. The van der Waals surface area contributed by atoms with Gasteiger partial charge in [0.25, 0.3) is 0 Å². The summed E-state index contributed by atoms with van der Waals surface area (Å²) >= 11 is 0. The Hall–Kier alpha value is -2.73. The predicted octanol–water partition coefficient (Wildman–Crippen LogP) is 5.26. The van der Waals surface area contributed by atoms with Crippen molar-refractivity contribution in [1.82, 2.24) is 24.6 Å². The fourth-order valence-corrected chi connectivity index (χ4v) is 4.50. The molecule has 4 heterocycles. The summed E-state index contributed by atoms with van der Waals surface area (Å²) in [6, 6.07) is 10.9. The van der Waals surface area contributed by atoms with Gasteiger partial charge < -0.3 is 5.32 Å². The summed E-state index contributed by atoms with van der Waals surface area (Å²) in [6.45, 7) is 12.8. The van der Waals surface area contributed by atoms with Crippen LogP contribution in [0.15, 0.2) is 36.5 Å². The highest BCUT2D eigenvalue weighted by molar-refractivity contribution is 5.57. The molecule has 0 saturated carbocycles. The van der Waals surface area contributed by atoms with E-state index in [0.29, 0.717) is 12.1 Å². The fourth-order valence-electron chi connectivity index (χ4n) is 4.50. The van der Waals surface area contributed by atoms with Gasteiger partial charge in [-0.25, -0.2) is 4.98 Å². The van der Waals surface area contributed by atoms with E-state index in [1.54, 1.807) is 6.20 Å². The van der Waals surface area contributed by atoms with E-state index in [1.807, 2.05) is 18.2 Å². The summed E-state index contributed by atoms with van der Waals surface area (Å²) < 4.78 is 2.15. The number of likely N-dealkylation sites (tertiary alicyclic amines) is 1. The zero-order chi connectivity index (χ0) is 21.3. The van der Waals surface area contributed by atoms with Crippen LogP contribution in [0.25, 0.3) is 0 Å². The molecule has 0 aromatic carbocycles. The number of hydrogen-bond donors (Lipinski definition) is 1. The molecular formula is C24H32N6. The summed E-state index contributed by atoms with van der Waals surface area (Å²) in [5.74, 6) is 0.852. The lowest BCUT2D eigenvalue weighted by atomic mass is 10.1. The van der Waals surface area contributed by atoms with E-state index in [2.05, 4.69) is 66.6 Å². The summed E-state index contributed by atoms with van der Waals surface area (Å²) in [5, 5.41) is 8.21. The van der Waals surface area contributed by atoms with Gasteiger partial charge in [0.15, 0.2) is 0 Å². The average Bonchev–Trinajstić information content (AvgIpc) is 3.28. The van der Waals surface area contributed by atoms with E-state index in [9.17, 15) is 0 Å². The van der Waals surface area contributed by atoms with Gasteiger partial charge in [-0.15, -0.1) is 0 Å². The van der Waals surface area contributed by atoms with Crippen LogP contribution in [0.5, 0.6) is 0 Å². The van der Waals surface area contributed by atoms with Gasteiger partial charge in [-0.3, -0.25) is 14.6 Å². The van der Waals surface area contributed by atoms with Crippen molar-refractivity contribution >= 4 is 11.5 Å². The second-order valence-corrected chi connectivity index (χ2v) is 8.58. The zero-order valence-corrected chi connectivity index (χ0v) is 18.7. The molecule has 30 heavy (non-hydrogen) atoms. The SMILES string of the molecule is Cc1cc(Nc2ccccn2)cc([C@@H]2CCCN2Cc2c(C)nn(C(C)C)c2C)n1. The Bertz CT molecular complexity index is 1010. The predicted molar refractivity (Wildman–Crippen MR) is 121 cm³/mol. The van der Waals surface area contributed by atoms with E-state index in [-0.39, 0.29) is 0 Å². The molecule has 158 valence electrons. The van der Waals surface area contributed by atoms with Crippen molar-refractivity contribution in [1.29, 1.82) is 0 Å². The van der Waals surface area contributed by atoms with Gasteiger partial charge in [0.2, 0.25) is 0 Å². The van der Waals surface area contributed by atoms with Crippen LogP contribution < -0.4 is 5.32 Å². The van der Waals surface area contributed by atoms with E-state index in [1.165, 1.54) is 17.7 Å². The summed E-state index contributed by atoms with van der Waals surface area (Å²) in [4.78, 5) is 11.9. The smallest absolute Gasteiger partial charge is 0.130 e. The highest BCUT2D eigenvalue weighted by Crippen LogP contribution is 2.35. The Balaban J connectivity index is 1.58. The van der Waals surface area contributed by atoms with Crippen LogP contribution in [0, 0.1) is 20.8 Å². The van der Waals surface area contributed by atoms with Gasteiger partial charge in [0.05, 0.1) is 17.4 Å². The van der Waals surface area contributed by atoms with Crippen LogP contribution in [0.3, 0.4) is 0 Å². The van der Waals surface area contributed by atoms with Crippen molar-refractivity contribution < 1.29 is 0 Å². The molecule has 3 aromatic rings. The van der Waals surface area contributed by atoms with E-state index < -0.39 is 0 Å². The minimum absolute atomic E-state index is 0.329. The number of rotatable bonds is 6. The molecule has 1 N–H and O–H groups in total. The van der Waals surface area contributed by atoms with Gasteiger partial charge in [-0.05, 0) is 78.3 Å². The number of anilines is 2. The Morgan fingerprint density at radius 1 is 1.17 bits per heavy atom. The number of nitrogens with zero attached hydrogens (tertiary/aromatic N) is 5. The number of aromatic nitrogens is 4. The average molecular weight is 405 g/mol. The molecule has 0 aliphatic carbocycles. The third-order valence-corrected chi connectivity index (χ3v) is 5.94. The lowest BCUT2D eigenvalue weighted by Gasteiger charge is -2.25. The van der Waals surface area contributed by atoms with Crippen LogP contribution >= 0.6 is 0 Å². The van der Waals surface area contributed by atoms with E-state index in [0.717, 1.165) is 48.1 Å². The Kier molecular flexibility index (Phi) is 5.86. The summed E-state index contributed by atoms with van der Waals surface area (Å²) in [5.41, 5.74) is 6.98. The van der Waals surface area contributed by atoms with Gasteiger partial charge in [-0.2, -0.15) is 5.10 Å². The molecular weight excluding hydrogens is 372 g/mol. The minimum Gasteiger partial charge on any atom is -0.340 e. The van der Waals surface area contributed by atoms with Gasteiger partial charge >= 0.3 is 0 Å². The largest absolute Gasteiger partial charge is 0.340 e. The Morgan fingerprint density at radius 2 is 2.00 bits per heavy atom. The fraction of sp³-hybridized carbons (Fsp3) is 0.458. The van der Waals surface area contributed by atoms with Crippen molar-refractivity contribution in [2.45, 2.75) is 66.1 Å². The third kappa shape index (κ3) is 4.24. The normalized spacial score (nSPS) is 17.1. The molecule has 1 aliphatic rings. The molecule has 0 bridgehead atoms. The van der Waals surface area contributed by atoms with Gasteiger partial charge in [0, 0.05) is 41.4 Å². The summed E-state index contributed by atoms with van der Waals surface area (Å²) in [6.07, 6.45) is 4.13. The van der Waals surface area contributed by atoms with Crippen LogP contribution in [0.2, 0.25) is 0 Å². The second-order valence-electron chi connectivity index (χ2n) is 8.58. The van der Waals surface area contributed by atoms with E-state index >= 15 is 0 Å². The molecule has 0 radical (unpaired) electrons. The molecule has 1 saturated heterocycles. The van der Waals surface area contributed by atoms with Crippen molar-refractivity contribution in [3.8, 4) is 0 Å². The van der Waals surface area contributed by atoms with Gasteiger partial charge in [-0.1, -0.05) is 6.07 Å². The number of aryl methyl sites for hydroxylation is 2. The molecule has 1 atom stereocenters. The molecule has 4 rings (SSSR count). The third-order valence-electron chi connectivity index (χ3n) is 5.94. The highest BCUT2D eigenvalue weighted by Gasteiger charge is 2.29. The molecule has 0 amide bonds. The molecule has 3 aromatic heterocycles.